The molecule has 1 fully saturated rings. The van der Waals surface area contributed by atoms with Crippen molar-refractivity contribution in [1.29, 1.82) is 0 Å². The summed E-state index contributed by atoms with van der Waals surface area (Å²) in [6, 6.07) is 15.0. The van der Waals surface area contributed by atoms with Gasteiger partial charge in [0.05, 0.1) is 7.11 Å². The smallest absolute Gasteiger partial charge is 0.267 e. The van der Waals surface area contributed by atoms with E-state index < -0.39 is 5.91 Å². The summed E-state index contributed by atoms with van der Waals surface area (Å²) in [7, 11) is 1.59. The third-order valence-corrected chi connectivity index (χ3v) is 4.32. The topological polar surface area (TPSA) is 87.7 Å². The molecule has 0 aliphatic heterocycles. The van der Waals surface area contributed by atoms with Gasteiger partial charge in [0.1, 0.15) is 5.75 Å². The molecule has 0 saturated heterocycles. The molecule has 1 aliphatic carbocycles. The van der Waals surface area contributed by atoms with Gasteiger partial charge in [0.25, 0.3) is 11.8 Å². The van der Waals surface area contributed by atoms with E-state index in [1.54, 1.807) is 18.7 Å². The van der Waals surface area contributed by atoms with Crippen molar-refractivity contribution in [3.05, 3.63) is 71.3 Å². The Bertz CT molecular complexity index is 912. The van der Waals surface area contributed by atoms with Crippen molar-refractivity contribution >= 4 is 29.5 Å². The van der Waals surface area contributed by atoms with Crippen LogP contribution in [-0.2, 0) is 9.59 Å². The van der Waals surface area contributed by atoms with E-state index in [0.717, 1.165) is 29.5 Å². The molecule has 2 aromatic carbocycles. The summed E-state index contributed by atoms with van der Waals surface area (Å²) in [5, 5.41) is 11.5. The number of amides is 2. The minimum atomic E-state index is -0.596. The van der Waals surface area contributed by atoms with Gasteiger partial charge in [-0.15, -0.1) is 0 Å². The summed E-state index contributed by atoms with van der Waals surface area (Å²) in [6.45, 7) is 0. The number of hydroxylamine groups is 1. The number of rotatable bonds is 7. The van der Waals surface area contributed by atoms with Gasteiger partial charge >= 0.3 is 0 Å². The predicted molar refractivity (Wildman–Crippen MR) is 107 cm³/mol. The van der Waals surface area contributed by atoms with E-state index >= 15 is 0 Å². The van der Waals surface area contributed by atoms with E-state index in [1.165, 1.54) is 6.08 Å². The predicted octanol–water partition coefficient (Wildman–Crippen LogP) is 3.03. The van der Waals surface area contributed by atoms with Gasteiger partial charge in [0.2, 0.25) is 0 Å². The standard InChI is InChI=1S/C22H22N2O4/c1-28-19-4-2-3-17(14-19)20(22(26)23-18-10-11-18)13-16-7-5-15(6-8-16)9-12-21(25)24-27/h2-9,12-14,18,27H,10-11H2,1H3,(H,23,26)(H,24,25)/b12-9+,20-13+. The maximum absolute atomic E-state index is 12.8. The van der Waals surface area contributed by atoms with E-state index in [2.05, 4.69) is 5.32 Å². The van der Waals surface area contributed by atoms with E-state index in [1.807, 2.05) is 54.6 Å². The molecular formula is C22H22N2O4. The second kappa shape index (κ2) is 9.01. The van der Waals surface area contributed by atoms with Gasteiger partial charge in [0, 0.05) is 17.7 Å². The first-order chi connectivity index (χ1) is 13.6. The molecule has 3 rings (SSSR count). The molecule has 0 aromatic heterocycles. The number of hydrogen-bond donors (Lipinski definition) is 3. The Hall–Kier alpha value is -3.38. The molecule has 3 N–H and O–H groups in total. The second-order valence-electron chi connectivity index (χ2n) is 6.51. The summed E-state index contributed by atoms with van der Waals surface area (Å²) in [5.74, 6) is -0.0226. The zero-order valence-electron chi connectivity index (χ0n) is 15.5. The SMILES string of the molecule is COc1cccc(/C(=C\c2ccc(/C=C/C(=O)NO)cc2)C(=O)NC2CC2)c1. The zero-order valence-corrected chi connectivity index (χ0v) is 15.5. The van der Waals surface area contributed by atoms with Gasteiger partial charge in [0.15, 0.2) is 0 Å². The fourth-order valence-corrected chi connectivity index (χ4v) is 2.64. The lowest BCUT2D eigenvalue weighted by Gasteiger charge is -2.10. The average Bonchev–Trinajstić information content (AvgIpc) is 3.54. The van der Waals surface area contributed by atoms with Crippen LogP contribution in [0.3, 0.4) is 0 Å². The van der Waals surface area contributed by atoms with Crippen LogP contribution < -0.4 is 15.5 Å². The van der Waals surface area contributed by atoms with Crippen LogP contribution in [0, 0.1) is 0 Å². The molecule has 1 aliphatic rings. The Morgan fingerprint density at radius 2 is 1.82 bits per heavy atom. The first kappa shape index (κ1) is 19.4. The van der Waals surface area contributed by atoms with Crippen molar-refractivity contribution < 1.29 is 19.5 Å². The second-order valence-corrected chi connectivity index (χ2v) is 6.51. The molecule has 28 heavy (non-hydrogen) atoms. The normalized spacial score (nSPS) is 14.0. The largest absolute Gasteiger partial charge is 0.497 e. The van der Waals surface area contributed by atoms with E-state index in [-0.39, 0.29) is 11.9 Å². The molecule has 2 aromatic rings. The fraction of sp³-hybridized carbons (Fsp3) is 0.182. The molecule has 0 atom stereocenters. The van der Waals surface area contributed by atoms with Crippen LogP contribution in [0.15, 0.2) is 54.6 Å². The third-order valence-electron chi connectivity index (χ3n) is 4.32. The van der Waals surface area contributed by atoms with Gasteiger partial charge in [-0.05, 0) is 53.8 Å². The Morgan fingerprint density at radius 1 is 1.11 bits per heavy atom. The highest BCUT2D eigenvalue weighted by Crippen LogP contribution is 2.25. The van der Waals surface area contributed by atoms with Gasteiger partial charge in [-0.1, -0.05) is 36.4 Å². The number of carbonyl (C=O) groups is 2. The van der Waals surface area contributed by atoms with Crippen molar-refractivity contribution in [2.45, 2.75) is 18.9 Å². The lowest BCUT2D eigenvalue weighted by atomic mass is 10.0. The molecule has 0 unspecified atom stereocenters. The summed E-state index contributed by atoms with van der Waals surface area (Å²) < 4.78 is 5.28. The van der Waals surface area contributed by atoms with Crippen molar-refractivity contribution in [1.82, 2.24) is 10.8 Å². The number of benzene rings is 2. The molecule has 0 spiro atoms. The van der Waals surface area contributed by atoms with Crippen molar-refractivity contribution in [2.24, 2.45) is 0 Å². The quantitative estimate of drug-likeness (QED) is 0.299. The zero-order chi connectivity index (χ0) is 19.9. The van der Waals surface area contributed by atoms with Gasteiger partial charge in [-0.2, -0.15) is 0 Å². The van der Waals surface area contributed by atoms with Gasteiger partial charge in [-0.3, -0.25) is 14.8 Å². The molecule has 1 saturated carbocycles. The van der Waals surface area contributed by atoms with Crippen LogP contribution in [-0.4, -0.2) is 30.2 Å². The molecule has 6 heteroatoms. The maximum atomic E-state index is 12.8. The minimum absolute atomic E-state index is 0.112. The number of carbonyl (C=O) groups excluding carboxylic acids is 2. The summed E-state index contributed by atoms with van der Waals surface area (Å²) in [6.07, 6.45) is 6.68. The Morgan fingerprint density at radius 3 is 2.46 bits per heavy atom. The third kappa shape index (κ3) is 5.31. The van der Waals surface area contributed by atoms with Gasteiger partial charge < -0.3 is 10.1 Å². The van der Waals surface area contributed by atoms with Crippen molar-refractivity contribution in [3.63, 3.8) is 0 Å². The Kier molecular flexibility index (Phi) is 6.24. The highest BCUT2D eigenvalue weighted by molar-refractivity contribution is 6.24. The van der Waals surface area contributed by atoms with Crippen LogP contribution in [0.25, 0.3) is 17.7 Å². The van der Waals surface area contributed by atoms with E-state index in [0.29, 0.717) is 11.3 Å². The maximum Gasteiger partial charge on any atom is 0.267 e. The average molecular weight is 378 g/mol. The monoisotopic (exact) mass is 378 g/mol. The highest BCUT2D eigenvalue weighted by Gasteiger charge is 2.25. The molecule has 0 bridgehead atoms. The van der Waals surface area contributed by atoms with Crippen LogP contribution in [0.4, 0.5) is 0 Å². The first-order valence-corrected chi connectivity index (χ1v) is 8.98. The molecule has 2 amide bonds. The summed E-state index contributed by atoms with van der Waals surface area (Å²) in [5.41, 5.74) is 4.54. The van der Waals surface area contributed by atoms with E-state index in [9.17, 15) is 9.59 Å². The van der Waals surface area contributed by atoms with Crippen molar-refractivity contribution in [3.8, 4) is 5.75 Å². The van der Waals surface area contributed by atoms with E-state index in [4.69, 9.17) is 9.94 Å². The number of ether oxygens (including phenoxy) is 1. The first-order valence-electron chi connectivity index (χ1n) is 8.98. The van der Waals surface area contributed by atoms with Gasteiger partial charge in [-0.25, -0.2) is 5.48 Å². The number of hydrogen-bond acceptors (Lipinski definition) is 4. The Labute approximate surface area is 163 Å². The molecule has 144 valence electrons. The highest BCUT2D eigenvalue weighted by atomic mass is 16.5. The Balaban J connectivity index is 1.88. The van der Waals surface area contributed by atoms with Crippen LogP contribution >= 0.6 is 0 Å². The summed E-state index contributed by atoms with van der Waals surface area (Å²) in [4.78, 5) is 23.8. The minimum Gasteiger partial charge on any atom is -0.497 e. The molecule has 0 heterocycles. The summed E-state index contributed by atoms with van der Waals surface area (Å²) >= 11 is 0. The van der Waals surface area contributed by atoms with Crippen LogP contribution in [0.2, 0.25) is 0 Å². The molecule has 6 nitrogen and oxygen atoms in total. The van der Waals surface area contributed by atoms with Crippen LogP contribution in [0.5, 0.6) is 5.75 Å². The molecule has 0 radical (unpaired) electrons. The van der Waals surface area contributed by atoms with Crippen molar-refractivity contribution in [2.75, 3.05) is 7.11 Å². The number of methoxy groups -OCH3 is 1. The number of nitrogens with one attached hydrogen (secondary N) is 2. The lowest BCUT2D eigenvalue weighted by molar-refractivity contribution is -0.124. The molecular weight excluding hydrogens is 356 g/mol. The van der Waals surface area contributed by atoms with Crippen LogP contribution in [0.1, 0.15) is 29.5 Å². The fourth-order valence-electron chi connectivity index (χ4n) is 2.64. The lowest BCUT2D eigenvalue weighted by Crippen LogP contribution is -2.26.